The molecule has 2 nitrogen and oxygen atoms in total. The van der Waals surface area contributed by atoms with Gasteiger partial charge < -0.3 is 5.32 Å². The van der Waals surface area contributed by atoms with Crippen LogP contribution in [0.3, 0.4) is 0 Å². The van der Waals surface area contributed by atoms with Crippen LogP contribution >= 0.6 is 31.9 Å². The van der Waals surface area contributed by atoms with Crippen molar-refractivity contribution in [3.05, 3.63) is 68.4 Å². The predicted molar refractivity (Wildman–Crippen MR) is 86.6 cm³/mol. The average molecular weight is 413 g/mol. The zero-order chi connectivity index (χ0) is 15.0. The Morgan fingerprint density at radius 3 is 2.38 bits per heavy atom. The number of nitrogens with one attached hydrogen (secondary N) is 1. The first-order chi connectivity index (χ1) is 10.00. The van der Waals surface area contributed by atoms with Crippen LogP contribution in [0.1, 0.15) is 28.8 Å². The average Bonchev–Trinajstić information content (AvgIpc) is 3.23. The largest absolute Gasteiger partial charge is 0.342 e. The molecule has 0 unspecified atom stereocenters. The third-order valence-corrected chi connectivity index (χ3v) is 4.89. The van der Waals surface area contributed by atoms with Crippen LogP contribution in [0.25, 0.3) is 0 Å². The molecule has 21 heavy (non-hydrogen) atoms. The van der Waals surface area contributed by atoms with Gasteiger partial charge in [-0.25, -0.2) is 4.39 Å². The molecule has 0 radical (unpaired) electrons. The number of carbonyl (C=O) groups is 1. The topological polar surface area (TPSA) is 29.1 Å². The maximum atomic E-state index is 13.3. The molecule has 1 aliphatic rings. The van der Waals surface area contributed by atoms with Crippen LogP contribution in [0.15, 0.2) is 51.4 Å². The van der Waals surface area contributed by atoms with Gasteiger partial charge in [-0.15, -0.1) is 0 Å². The molecular formula is C16H12Br2FNO. The quantitative estimate of drug-likeness (QED) is 0.772. The lowest BCUT2D eigenvalue weighted by Crippen LogP contribution is -2.35. The van der Waals surface area contributed by atoms with E-state index in [1.54, 1.807) is 6.07 Å². The fraction of sp³-hybridized carbons (Fsp3) is 0.188. The Kier molecular flexibility index (Phi) is 3.88. The number of halogens is 3. The summed E-state index contributed by atoms with van der Waals surface area (Å²) in [4.78, 5) is 12.4. The van der Waals surface area contributed by atoms with E-state index in [0.717, 1.165) is 22.9 Å². The van der Waals surface area contributed by atoms with Gasteiger partial charge in [-0.1, -0.05) is 28.1 Å². The van der Waals surface area contributed by atoms with Gasteiger partial charge in [-0.2, -0.15) is 0 Å². The summed E-state index contributed by atoms with van der Waals surface area (Å²) in [5.74, 6) is -0.682. The zero-order valence-electron chi connectivity index (χ0n) is 11.0. The van der Waals surface area contributed by atoms with Crippen LogP contribution in [-0.4, -0.2) is 5.91 Å². The van der Waals surface area contributed by atoms with Crippen molar-refractivity contribution in [2.45, 2.75) is 18.4 Å². The van der Waals surface area contributed by atoms with Crippen molar-refractivity contribution in [2.24, 2.45) is 0 Å². The molecule has 108 valence electrons. The van der Waals surface area contributed by atoms with E-state index < -0.39 is 5.82 Å². The third kappa shape index (κ3) is 3.04. The highest BCUT2D eigenvalue weighted by Crippen LogP contribution is 2.46. The Morgan fingerprint density at radius 1 is 1.10 bits per heavy atom. The molecule has 0 aliphatic heterocycles. The smallest absolute Gasteiger partial charge is 0.253 e. The van der Waals surface area contributed by atoms with Gasteiger partial charge in [0.05, 0.1) is 11.1 Å². The van der Waals surface area contributed by atoms with Gasteiger partial charge in [0.25, 0.3) is 5.91 Å². The van der Waals surface area contributed by atoms with Gasteiger partial charge in [-0.3, -0.25) is 4.79 Å². The van der Waals surface area contributed by atoms with E-state index in [0.29, 0.717) is 10.0 Å². The molecule has 0 atom stereocenters. The highest BCUT2D eigenvalue weighted by molar-refractivity contribution is 9.10. The minimum atomic E-state index is -0.420. The van der Waals surface area contributed by atoms with Gasteiger partial charge >= 0.3 is 0 Å². The molecule has 1 amide bonds. The summed E-state index contributed by atoms with van der Waals surface area (Å²) < 4.78 is 14.9. The van der Waals surface area contributed by atoms with Crippen molar-refractivity contribution in [1.29, 1.82) is 0 Å². The van der Waals surface area contributed by atoms with E-state index in [-0.39, 0.29) is 11.4 Å². The Balaban J connectivity index is 1.84. The van der Waals surface area contributed by atoms with Crippen LogP contribution in [0.5, 0.6) is 0 Å². The summed E-state index contributed by atoms with van der Waals surface area (Å²) in [6, 6.07) is 12.0. The van der Waals surface area contributed by atoms with E-state index in [9.17, 15) is 9.18 Å². The molecule has 5 heteroatoms. The lowest BCUT2D eigenvalue weighted by Gasteiger charge is -2.18. The van der Waals surface area contributed by atoms with Crippen molar-refractivity contribution in [1.82, 2.24) is 5.32 Å². The van der Waals surface area contributed by atoms with Gasteiger partial charge in [0, 0.05) is 8.95 Å². The van der Waals surface area contributed by atoms with Crippen LogP contribution in [0, 0.1) is 5.82 Å². The molecule has 0 saturated heterocycles. The number of hydrogen-bond donors (Lipinski definition) is 1. The zero-order valence-corrected chi connectivity index (χ0v) is 14.2. The van der Waals surface area contributed by atoms with E-state index in [2.05, 4.69) is 37.2 Å². The van der Waals surface area contributed by atoms with Crippen LogP contribution in [0.4, 0.5) is 4.39 Å². The summed E-state index contributed by atoms with van der Waals surface area (Å²) in [5, 5.41) is 3.04. The normalized spacial score (nSPS) is 15.6. The SMILES string of the molecule is O=C(NC1(c2ccc(Br)cc2)CC1)c1cc(F)ccc1Br. The molecule has 0 heterocycles. The summed E-state index contributed by atoms with van der Waals surface area (Å²) in [5.41, 5.74) is 1.08. The van der Waals surface area contributed by atoms with E-state index in [4.69, 9.17) is 0 Å². The molecule has 1 fully saturated rings. The Hall–Kier alpha value is -1.20. The van der Waals surface area contributed by atoms with Crippen LogP contribution in [0.2, 0.25) is 0 Å². The number of rotatable bonds is 3. The molecule has 0 aromatic heterocycles. The molecular weight excluding hydrogens is 401 g/mol. The van der Waals surface area contributed by atoms with Crippen molar-refractivity contribution < 1.29 is 9.18 Å². The first kappa shape index (κ1) is 14.7. The standard InChI is InChI=1S/C16H12Br2FNO/c17-11-3-1-10(2-4-11)16(7-8-16)20-15(21)13-9-12(19)5-6-14(13)18/h1-6,9H,7-8H2,(H,20,21). The Morgan fingerprint density at radius 2 is 1.76 bits per heavy atom. The number of hydrogen-bond acceptors (Lipinski definition) is 1. The molecule has 1 aliphatic carbocycles. The molecule has 3 rings (SSSR count). The lowest BCUT2D eigenvalue weighted by molar-refractivity contribution is 0.0929. The highest BCUT2D eigenvalue weighted by Gasteiger charge is 2.45. The van der Waals surface area contributed by atoms with Crippen LogP contribution < -0.4 is 5.32 Å². The Labute approximate surface area is 139 Å². The van der Waals surface area contributed by atoms with Gasteiger partial charge in [-0.05, 0) is 64.7 Å². The Bertz CT molecular complexity index is 696. The predicted octanol–water partition coefficient (Wildman–Crippen LogP) is 4.77. The van der Waals surface area contributed by atoms with Crippen LogP contribution in [-0.2, 0) is 5.54 Å². The fourth-order valence-corrected chi connectivity index (χ4v) is 3.03. The van der Waals surface area contributed by atoms with Gasteiger partial charge in [0.15, 0.2) is 0 Å². The monoisotopic (exact) mass is 411 g/mol. The van der Waals surface area contributed by atoms with Crippen molar-refractivity contribution in [2.75, 3.05) is 0 Å². The molecule has 0 bridgehead atoms. The minimum Gasteiger partial charge on any atom is -0.342 e. The second-order valence-corrected chi connectivity index (χ2v) is 6.94. The molecule has 2 aromatic carbocycles. The number of benzene rings is 2. The third-order valence-electron chi connectivity index (χ3n) is 3.67. The minimum absolute atomic E-state index is 0.262. The fourth-order valence-electron chi connectivity index (χ4n) is 2.34. The van der Waals surface area contributed by atoms with E-state index >= 15 is 0 Å². The molecule has 1 saturated carbocycles. The van der Waals surface area contributed by atoms with Crippen molar-refractivity contribution >= 4 is 37.8 Å². The summed E-state index contributed by atoms with van der Waals surface area (Å²) in [7, 11) is 0. The van der Waals surface area contributed by atoms with E-state index in [1.165, 1.54) is 12.1 Å². The number of carbonyl (C=O) groups excluding carboxylic acids is 1. The summed E-state index contributed by atoms with van der Waals surface area (Å²) >= 11 is 6.69. The van der Waals surface area contributed by atoms with Gasteiger partial charge in [0.2, 0.25) is 0 Å². The number of amides is 1. The maximum absolute atomic E-state index is 13.3. The first-order valence-corrected chi connectivity index (χ1v) is 8.12. The van der Waals surface area contributed by atoms with Crippen molar-refractivity contribution in [3.8, 4) is 0 Å². The maximum Gasteiger partial charge on any atom is 0.253 e. The summed E-state index contributed by atoms with van der Waals surface area (Å²) in [6.45, 7) is 0. The first-order valence-electron chi connectivity index (χ1n) is 6.54. The lowest BCUT2D eigenvalue weighted by atomic mass is 10.0. The molecule has 0 spiro atoms. The molecule has 2 aromatic rings. The second kappa shape index (κ2) is 5.54. The second-order valence-electron chi connectivity index (χ2n) is 5.17. The van der Waals surface area contributed by atoms with E-state index in [1.807, 2.05) is 24.3 Å². The highest BCUT2D eigenvalue weighted by atomic mass is 79.9. The molecule has 1 N–H and O–H groups in total. The van der Waals surface area contributed by atoms with Crippen molar-refractivity contribution in [3.63, 3.8) is 0 Å². The van der Waals surface area contributed by atoms with Gasteiger partial charge in [0.1, 0.15) is 5.82 Å². The summed E-state index contributed by atoms with van der Waals surface area (Å²) in [6.07, 6.45) is 1.79.